The molecule has 0 saturated carbocycles. The van der Waals surface area contributed by atoms with E-state index in [2.05, 4.69) is 21.2 Å². The number of aliphatic carboxylic acids is 1. The van der Waals surface area contributed by atoms with Crippen LogP contribution in [0.3, 0.4) is 0 Å². The average molecular weight is 359 g/mol. The van der Waals surface area contributed by atoms with Crippen molar-refractivity contribution in [2.45, 2.75) is 25.5 Å². The molecule has 0 bridgehead atoms. The molecule has 2 amide bonds. The van der Waals surface area contributed by atoms with Crippen LogP contribution in [-0.2, 0) is 11.3 Å². The number of carbonyl (C=O) groups is 2. The molecule has 1 unspecified atom stereocenters. The van der Waals surface area contributed by atoms with E-state index >= 15 is 0 Å². The molecule has 1 aromatic carbocycles. The maximum atomic E-state index is 11.9. The van der Waals surface area contributed by atoms with E-state index in [1.54, 1.807) is 7.05 Å². The van der Waals surface area contributed by atoms with Crippen LogP contribution in [0.4, 0.5) is 4.79 Å². The zero-order valence-corrected chi connectivity index (χ0v) is 13.6. The van der Waals surface area contributed by atoms with E-state index in [4.69, 9.17) is 5.11 Å². The van der Waals surface area contributed by atoms with Gasteiger partial charge in [0.2, 0.25) is 0 Å². The number of halogens is 1. The number of hydrogen-bond acceptors (Lipinski definition) is 3. The van der Waals surface area contributed by atoms with Crippen LogP contribution in [0.5, 0.6) is 0 Å². The highest BCUT2D eigenvalue weighted by Crippen LogP contribution is 2.13. The zero-order valence-electron chi connectivity index (χ0n) is 12.0. The van der Waals surface area contributed by atoms with Gasteiger partial charge in [-0.05, 0) is 24.6 Å². The first kappa shape index (κ1) is 17.5. The number of carboxylic acid groups (broad SMARTS) is 1. The van der Waals surface area contributed by atoms with E-state index in [1.807, 2.05) is 24.3 Å². The summed E-state index contributed by atoms with van der Waals surface area (Å²) in [5.74, 6) is -1.11. The van der Waals surface area contributed by atoms with Crippen molar-refractivity contribution in [3.63, 3.8) is 0 Å². The lowest BCUT2D eigenvalue weighted by molar-refractivity contribution is -0.141. The van der Waals surface area contributed by atoms with Crippen LogP contribution in [0.25, 0.3) is 0 Å². The van der Waals surface area contributed by atoms with Gasteiger partial charge in [0.25, 0.3) is 0 Å². The Morgan fingerprint density at radius 1 is 1.43 bits per heavy atom. The van der Waals surface area contributed by atoms with Crippen molar-refractivity contribution in [1.82, 2.24) is 10.2 Å². The smallest absolute Gasteiger partial charge is 0.317 e. The second kappa shape index (κ2) is 7.42. The molecule has 0 aliphatic carbocycles. The van der Waals surface area contributed by atoms with E-state index < -0.39 is 18.0 Å². The summed E-state index contributed by atoms with van der Waals surface area (Å²) >= 11 is 3.36. The highest BCUT2D eigenvalue weighted by molar-refractivity contribution is 9.10. The van der Waals surface area contributed by atoms with Gasteiger partial charge in [-0.25, -0.2) is 4.79 Å². The predicted molar refractivity (Wildman–Crippen MR) is 81.9 cm³/mol. The van der Waals surface area contributed by atoms with Gasteiger partial charge in [0.05, 0.1) is 12.0 Å². The number of carboxylic acids is 1. The van der Waals surface area contributed by atoms with Crippen LogP contribution in [0, 0.1) is 0 Å². The summed E-state index contributed by atoms with van der Waals surface area (Å²) in [6, 6.07) is 7.20. The van der Waals surface area contributed by atoms with Crippen molar-refractivity contribution in [3.05, 3.63) is 34.3 Å². The van der Waals surface area contributed by atoms with Crippen LogP contribution in [0.1, 0.15) is 18.9 Å². The fourth-order valence-electron chi connectivity index (χ4n) is 1.77. The summed E-state index contributed by atoms with van der Waals surface area (Å²) in [5, 5.41) is 21.0. The molecule has 0 saturated heterocycles. The van der Waals surface area contributed by atoms with Gasteiger partial charge >= 0.3 is 12.0 Å². The van der Waals surface area contributed by atoms with Gasteiger partial charge in [-0.2, -0.15) is 0 Å². The third-order valence-corrected chi connectivity index (χ3v) is 3.30. The van der Waals surface area contributed by atoms with Gasteiger partial charge in [-0.15, -0.1) is 0 Å². The number of aliphatic hydroxyl groups is 1. The first-order valence-electron chi connectivity index (χ1n) is 6.37. The molecule has 21 heavy (non-hydrogen) atoms. The summed E-state index contributed by atoms with van der Waals surface area (Å²) in [4.78, 5) is 23.9. The summed E-state index contributed by atoms with van der Waals surface area (Å²) in [7, 11) is 1.63. The molecule has 0 aromatic heterocycles. The molecule has 1 aromatic rings. The van der Waals surface area contributed by atoms with E-state index in [0.717, 1.165) is 10.0 Å². The molecular formula is C14H19BrN2O4. The van der Waals surface area contributed by atoms with Crippen LogP contribution >= 0.6 is 15.9 Å². The Labute approximate surface area is 131 Å². The Kier molecular flexibility index (Phi) is 6.17. The van der Waals surface area contributed by atoms with Gasteiger partial charge in [0, 0.05) is 24.6 Å². The summed E-state index contributed by atoms with van der Waals surface area (Å²) in [5.41, 5.74) is -0.516. The number of benzene rings is 1. The van der Waals surface area contributed by atoms with Crippen molar-refractivity contribution in [2.75, 3.05) is 13.6 Å². The SMILES string of the molecule is CN(Cc1cccc(Br)c1)C(=O)NCC(C)(O)CC(=O)O. The Hall–Kier alpha value is -1.60. The minimum atomic E-state index is -1.47. The van der Waals surface area contributed by atoms with Crippen molar-refractivity contribution in [2.24, 2.45) is 0 Å². The number of nitrogens with zero attached hydrogens (tertiary/aromatic N) is 1. The first-order chi connectivity index (χ1) is 9.69. The molecule has 0 radical (unpaired) electrons. The van der Waals surface area contributed by atoms with Gasteiger partial charge in [-0.1, -0.05) is 28.1 Å². The second-order valence-corrected chi connectivity index (χ2v) is 6.13. The molecule has 7 heteroatoms. The number of carbonyl (C=O) groups excluding carboxylic acids is 1. The Morgan fingerprint density at radius 2 is 2.10 bits per heavy atom. The van der Waals surface area contributed by atoms with E-state index in [9.17, 15) is 14.7 Å². The molecule has 0 aliphatic heterocycles. The monoisotopic (exact) mass is 358 g/mol. The largest absolute Gasteiger partial charge is 0.481 e. The minimum absolute atomic E-state index is 0.124. The lowest BCUT2D eigenvalue weighted by Gasteiger charge is -2.24. The number of hydrogen-bond donors (Lipinski definition) is 3. The molecule has 116 valence electrons. The quantitative estimate of drug-likeness (QED) is 0.723. The fourth-order valence-corrected chi connectivity index (χ4v) is 2.22. The highest BCUT2D eigenvalue weighted by Gasteiger charge is 2.25. The predicted octanol–water partition coefficient (Wildman–Crippen LogP) is 1.82. The lowest BCUT2D eigenvalue weighted by Crippen LogP contribution is -2.46. The summed E-state index contributed by atoms with van der Waals surface area (Å²) < 4.78 is 0.929. The second-order valence-electron chi connectivity index (χ2n) is 5.21. The van der Waals surface area contributed by atoms with Crippen LogP contribution < -0.4 is 5.32 Å². The summed E-state index contributed by atoms with van der Waals surface area (Å²) in [6.45, 7) is 1.66. The van der Waals surface area contributed by atoms with Gasteiger partial charge in [-0.3, -0.25) is 4.79 Å². The van der Waals surface area contributed by atoms with Crippen LogP contribution in [0.2, 0.25) is 0 Å². The number of amides is 2. The van der Waals surface area contributed by atoms with Gasteiger partial charge in [0.1, 0.15) is 0 Å². The molecule has 0 aliphatic rings. The highest BCUT2D eigenvalue weighted by atomic mass is 79.9. The van der Waals surface area contributed by atoms with Gasteiger partial charge in [0.15, 0.2) is 0 Å². The third kappa shape index (κ3) is 6.59. The topological polar surface area (TPSA) is 89.9 Å². The van der Waals surface area contributed by atoms with E-state index in [-0.39, 0.29) is 12.6 Å². The molecule has 1 rings (SSSR count). The molecule has 3 N–H and O–H groups in total. The Bertz CT molecular complexity index is 519. The fraction of sp³-hybridized carbons (Fsp3) is 0.429. The zero-order chi connectivity index (χ0) is 16.0. The molecule has 0 fully saturated rings. The third-order valence-electron chi connectivity index (χ3n) is 2.81. The number of urea groups is 1. The standard InChI is InChI=1S/C14H19BrN2O4/c1-14(21,7-12(18)19)9-16-13(20)17(2)8-10-4-3-5-11(15)6-10/h3-6,21H,7-9H2,1-2H3,(H,16,20)(H,18,19). The molecule has 1 atom stereocenters. The molecule has 0 heterocycles. The maximum absolute atomic E-state index is 11.9. The Morgan fingerprint density at radius 3 is 2.67 bits per heavy atom. The average Bonchev–Trinajstić information content (AvgIpc) is 2.34. The first-order valence-corrected chi connectivity index (χ1v) is 7.16. The van der Waals surface area contributed by atoms with Crippen molar-refractivity contribution in [3.8, 4) is 0 Å². The Balaban J connectivity index is 2.50. The van der Waals surface area contributed by atoms with Crippen molar-refractivity contribution >= 4 is 27.9 Å². The van der Waals surface area contributed by atoms with Crippen LogP contribution in [-0.4, -0.2) is 46.3 Å². The molecule has 0 spiro atoms. The van der Waals surface area contributed by atoms with E-state index in [0.29, 0.717) is 6.54 Å². The molecule has 6 nitrogen and oxygen atoms in total. The number of nitrogens with one attached hydrogen (secondary N) is 1. The normalized spacial score (nSPS) is 13.3. The lowest BCUT2D eigenvalue weighted by atomic mass is 10.0. The minimum Gasteiger partial charge on any atom is -0.481 e. The van der Waals surface area contributed by atoms with Crippen molar-refractivity contribution < 1.29 is 19.8 Å². The molecular weight excluding hydrogens is 340 g/mol. The summed E-state index contributed by atoms with van der Waals surface area (Å²) in [6.07, 6.45) is -0.428. The van der Waals surface area contributed by atoms with Crippen molar-refractivity contribution in [1.29, 1.82) is 0 Å². The van der Waals surface area contributed by atoms with Crippen LogP contribution in [0.15, 0.2) is 28.7 Å². The number of rotatable bonds is 6. The maximum Gasteiger partial charge on any atom is 0.317 e. The van der Waals surface area contributed by atoms with E-state index in [1.165, 1.54) is 11.8 Å². The van der Waals surface area contributed by atoms with Gasteiger partial charge < -0.3 is 20.4 Å².